The molecule has 4 heteroatoms. The Morgan fingerprint density at radius 3 is 2.81 bits per heavy atom. The average Bonchev–Trinajstić information content (AvgIpc) is 2.53. The van der Waals surface area contributed by atoms with E-state index < -0.39 is 0 Å². The first-order valence-electron chi connectivity index (χ1n) is 6.50. The van der Waals surface area contributed by atoms with Crippen LogP contribution in [0, 0.1) is 0 Å². The molecule has 0 atom stereocenters. The minimum atomic E-state index is -0.0754. The number of carbonyl (C=O) groups is 1. The van der Waals surface area contributed by atoms with Crippen molar-refractivity contribution in [3.05, 3.63) is 64.7 Å². The number of ether oxygens (including phenoxy) is 1. The molecule has 2 aromatic carbocycles. The fraction of sp³-hybridized carbons (Fsp3) is 0.0588. The van der Waals surface area contributed by atoms with Gasteiger partial charge < -0.3 is 4.74 Å². The normalized spacial score (nSPS) is 13.0. The third-order valence-electron chi connectivity index (χ3n) is 3.08. The summed E-state index contributed by atoms with van der Waals surface area (Å²) in [5.41, 5.74) is 2.20. The van der Waals surface area contributed by atoms with Crippen LogP contribution in [0.3, 0.4) is 0 Å². The van der Waals surface area contributed by atoms with Gasteiger partial charge in [0.05, 0.1) is 0 Å². The lowest BCUT2D eigenvalue weighted by molar-refractivity contribution is 0.104. The molecule has 0 amide bonds. The second-order valence-corrected chi connectivity index (χ2v) is 4.99. The van der Waals surface area contributed by atoms with Crippen molar-refractivity contribution in [3.8, 4) is 5.75 Å². The smallest absolute Gasteiger partial charge is 0.185 e. The number of ketones is 1. The number of benzene rings is 2. The van der Waals surface area contributed by atoms with Crippen LogP contribution >= 0.6 is 11.6 Å². The molecule has 21 heavy (non-hydrogen) atoms. The van der Waals surface area contributed by atoms with E-state index in [9.17, 15) is 4.79 Å². The number of fused-ring (bicyclic) bond motifs is 1. The number of hydrogen-bond acceptors (Lipinski definition) is 3. The number of carbonyl (C=O) groups excluding carboxylic acids is 1. The molecule has 0 unspecified atom stereocenters. The van der Waals surface area contributed by atoms with Crippen LogP contribution < -0.4 is 4.74 Å². The predicted octanol–water partition coefficient (Wildman–Crippen LogP) is 4.33. The van der Waals surface area contributed by atoms with Gasteiger partial charge in [0.1, 0.15) is 18.0 Å². The van der Waals surface area contributed by atoms with Gasteiger partial charge in [0.25, 0.3) is 0 Å². The number of hydrogen-bond donors (Lipinski definition) is 0. The summed E-state index contributed by atoms with van der Waals surface area (Å²) in [6, 6.07) is 12.5. The summed E-state index contributed by atoms with van der Waals surface area (Å²) in [7, 11) is 0. The largest absolute Gasteiger partial charge is 0.486 e. The quantitative estimate of drug-likeness (QED) is 0.625. The molecule has 104 valence electrons. The molecule has 0 radical (unpaired) electrons. The molecule has 1 aliphatic heterocycles. The number of nitrogens with zero attached hydrogens (tertiary/aromatic N) is 1. The van der Waals surface area contributed by atoms with Crippen molar-refractivity contribution < 1.29 is 9.53 Å². The summed E-state index contributed by atoms with van der Waals surface area (Å²) >= 11 is 5.82. The van der Waals surface area contributed by atoms with Gasteiger partial charge in [-0.1, -0.05) is 29.8 Å². The lowest BCUT2D eigenvalue weighted by atomic mass is 10.1. The van der Waals surface area contributed by atoms with Crippen LogP contribution in [0.5, 0.6) is 5.75 Å². The Morgan fingerprint density at radius 1 is 1.19 bits per heavy atom. The molecule has 0 saturated heterocycles. The van der Waals surface area contributed by atoms with Gasteiger partial charge in [-0.3, -0.25) is 9.79 Å². The second-order valence-electron chi connectivity index (χ2n) is 4.55. The van der Waals surface area contributed by atoms with Crippen LogP contribution in [0.1, 0.15) is 15.9 Å². The van der Waals surface area contributed by atoms with Crippen molar-refractivity contribution in [2.24, 2.45) is 4.99 Å². The van der Waals surface area contributed by atoms with Crippen LogP contribution in [-0.2, 0) is 0 Å². The Morgan fingerprint density at radius 2 is 2.00 bits per heavy atom. The summed E-state index contributed by atoms with van der Waals surface area (Å²) in [6.45, 7) is 0.469. The highest BCUT2D eigenvalue weighted by atomic mass is 35.5. The van der Waals surface area contributed by atoms with Gasteiger partial charge in [-0.2, -0.15) is 0 Å². The fourth-order valence-corrected chi connectivity index (χ4v) is 2.12. The molecule has 0 N–H and O–H groups in total. The molecule has 1 aliphatic rings. The molecule has 3 nitrogen and oxygen atoms in total. The third-order valence-corrected chi connectivity index (χ3v) is 3.34. The molecule has 0 spiro atoms. The second kappa shape index (κ2) is 5.94. The summed E-state index contributed by atoms with van der Waals surface area (Å²) in [6.07, 6.45) is 4.98. The summed E-state index contributed by atoms with van der Waals surface area (Å²) in [5, 5.41) is 0.672. The van der Waals surface area contributed by atoms with Crippen molar-refractivity contribution in [1.82, 2.24) is 0 Å². The topological polar surface area (TPSA) is 38.7 Å². The Bertz CT molecular complexity index is 733. The van der Waals surface area contributed by atoms with E-state index in [1.807, 2.05) is 12.1 Å². The van der Waals surface area contributed by atoms with E-state index in [0.717, 1.165) is 5.56 Å². The van der Waals surface area contributed by atoms with Gasteiger partial charge in [0, 0.05) is 16.8 Å². The van der Waals surface area contributed by atoms with Crippen molar-refractivity contribution in [2.45, 2.75) is 0 Å². The Hall–Kier alpha value is -2.39. The molecule has 2 aromatic rings. The molecular weight excluding hydrogens is 286 g/mol. The standard InChI is InChI=1S/C17H12ClNO2/c18-14-5-1-12(2-6-14)3-7-16(20)13-4-8-17-15(11-13)19-9-10-21-17/h1-9,11H,10H2. The van der Waals surface area contributed by atoms with Gasteiger partial charge >= 0.3 is 0 Å². The zero-order chi connectivity index (χ0) is 14.7. The summed E-state index contributed by atoms with van der Waals surface area (Å²) in [4.78, 5) is 16.4. The first kappa shape index (κ1) is 13.6. The van der Waals surface area contributed by atoms with E-state index >= 15 is 0 Å². The monoisotopic (exact) mass is 297 g/mol. The highest BCUT2D eigenvalue weighted by Crippen LogP contribution is 2.30. The minimum Gasteiger partial charge on any atom is -0.486 e. The van der Waals surface area contributed by atoms with Gasteiger partial charge in [-0.15, -0.1) is 0 Å². The zero-order valence-electron chi connectivity index (χ0n) is 11.1. The maximum Gasteiger partial charge on any atom is 0.185 e. The highest BCUT2D eigenvalue weighted by molar-refractivity contribution is 6.30. The zero-order valence-corrected chi connectivity index (χ0v) is 11.9. The highest BCUT2D eigenvalue weighted by Gasteiger charge is 2.10. The van der Waals surface area contributed by atoms with Crippen molar-refractivity contribution in [1.29, 1.82) is 0 Å². The van der Waals surface area contributed by atoms with Crippen LogP contribution in [0.25, 0.3) is 6.08 Å². The molecule has 0 saturated carbocycles. The van der Waals surface area contributed by atoms with E-state index in [1.54, 1.807) is 48.7 Å². The minimum absolute atomic E-state index is 0.0754. The van der Waals surface area contributed by atoms with Gasteiger partial charge in [-0.25, -0.2) is 0 Å². The number of allylic oxidation sites excluding steroid dienone is 1. The number of aliphatic imine (C=N–C) groups is 1. The van der Waals surface area contributed by atoms with Crippen molar-refractivity contribution in [3.63, 3.8) is 0 Å². The van der Waals surface area contributed by atoms with E-state index in [4.69, 9.17) is 16.3 Å². The average molecular weight is 298 g/mol. The molecule has 3 rings (SSSR count). The molecule has 0 fully saturated rings. The Labute approximate surface area is 127 Å². The Kier molecular flexibility index (Phi) is 3.84. The number of halogens is 1. The van der Waals surface area contributed by atoms with Crippen LogP contribution in [0.2, 0.25) is 5.02 Å². The summed E-state index contributed by atoms with van der Waals surface area (Å²) < 4.78 is 5.41. The molecular formula is C17H12ClNO2. The maximum absolute atomic E-state index is 12.2. The fourth-order valence-electron chi connectivity index (χ4n) is 2.00. The van der Waals surface area contributed by atoms with Gasteiger partial charge in [-0.05, 0) is 42.0 Å². The maximum atomic E-state index is 12.2. The van der Waals surface area contributed by atoms with E-state index in [1.165, 1.54) is 0 Å². The lowest BCUT2D eigenvalue weighted by Crippen LogP contribution is -2.03. The van der Waals surface area contributed by atoms with Crippen LogP contribution in [0.4, 0.5) is 5.69 Å². The molecule has 0 bridgehead atoms. The summed E-state index contributed by atoms with van der Waals surface area (Å²) in [5.74, 6) is 0.629. The van der Waals surface area contributed by atoms with E-state index in [2.05, 4.69) is 4.99 Å². The van der Waals surface area contributed by atoms with E-state index in [-0.39, 0.29) is 5.78 Å². The molecule has 0 aromatic heterocycles. The van der Waals surface area contributed by atoms with Crippen LogP contribution in [0.15, 0.2) is 53.5 Å². The van der Waals surface area contributed by atoms with Gasteiger partial charge in [0.2, 0.25) is 0 Å². The third kappa shape index (κ3) is 3.20. The van der Waals surface area contributed by atoms with Crippen molar-refractivity contribution >= 4 is 35.4 Å². The number of rotatable bonds is 3. The lowest BCUT2D eigenvalue weighted by Gasteiger charge is -2.11. The predicted molar refractivity (Wildman–Crippen MR) is 84.9 cm³/mol. The molecule has 0 aliphatic carbocycles. The van der Waals surface area contributed by atoms with Crippen LogP contribution in [-0.4, -0.2) is 18.6 Å². The van der Waals surface area contributed by atoms with Gasteiger partial charge in [0.15, 0.2) is 5.78 Å². The van der Waals surface area contributed by atoms with E-state index in [0.29, 0.717) is 28.6 Å². The Balaban J connectivity index is 1.79. The molecule has 1 heterocycles. The SMILES string of the molecule is O=C(C=Cc1ccc(Cl)cc1)c1ccc2c(c1)N=CCO2. The first-order chi connectivity index (χ1) is 10.2. The first-order valence-corrected chi connectivity index (χ1v) is 6.87. The van der Waals surface area contributed by atoms with Crippen molar-refractivity contribution in [2.75, 3.05) is 6.61 Å².